The number of aromatic amines is 1. The molecule has 1 heterocycles. The van der Waals surface area contributed by atoms with Gasteiger partial charge in [-0.2, -0.15) is 0 Å². The van der Waals surface area contributed by atoms with Crippen molar-refractivity contribution in [3.8, 4) is 5.75 Å². The van der Waals surface area contributed by atoms with Crippen molar-refractivity contribution < 1.29 is 44.7 Å². The van der Waals surface area contributed by atoms with E-state index in [0.29, 0.717) is 0 Å². The number of primary amides is 1. The number of aliphatic hydroxyl groups is 4. The smallest absolute Gasteiger partial charge is 0.255 e. The van der Waals surface area contributed by atoms with E-state index in [1.807, 2.05) is 24.3 Å². The van der Waals surface area contributed by atoms with Gasteiger partial charge in [0, 0.05) is 28.6 Å². The summed E-state index contributed by atoms with van der Waals surface area (Å²) in [6, 6.07) is 7.97. The molecule has 5 unspecified atom stereocenters. The molecule has 0 spiro atoms. The van der Waals surface area contributed by atoms with Crippen molar-refractivity contribution in [1.29, 1.82) is 0 Å². The number of aliphatic hydroxyl groups excluding tert-OH is 3. The minimum absolute atomic E-state index is 0.152. The second kappa shape index (κ2) is 11.1. The van der Waals surface area contributed by atoms with Crippen LogP contribution in [0.4, 0.5) is 5.69 Å². The van der Waals surface area contributed by atoms with Gasteiger partial charge in [0.15, 0.2) is 17.1 Å². The quantitative estimate of drug-likeness (QED) is 0.133. The van der Waals surface area contributed by atoms with Gasteiger partial charge >= 0.3 is 0 Å². The third-order valence-corrected chi connectivity index (χ3v) is 9.84. The average molecular weight is 646 g/mol. The van der Waals surface area contributed by atoms with Crippen LogP contribution >= 0.6 is 0 Å². The van der Waals surface area contributed by atoms with Crippen molar-refractivity contribution in [3.05, 3.63) is 81.9 Å². The number of carbonyl (C=O) groups is 4. The van der Waals surface area contributed by atoms with Gasteiger partial charge in [-0.15, -0.1) is 0 Å². The normalized spacial score (nSPS) is 27.9. The van der Waals surface area contributed by atoms with Gasteiger partial charge < -0.3 is 47.3 Å². The SMILES string of the molecule is CC1c2ccc(NC(=O)[C@@H](N)Cc3c[nH]c4ccccc34)c(O)c2C(=O)C2=C(O)C3(O)C(=O)C(C(N)=O)=C(O)[C@@H](N(C)C)C3C(O)C21. The number of nitrogens with one attached hydrogen (secondary N) is 2. The Kier molecular flexibility index (Phi) is 7.51. The van der Waals surface area contributed by atoms with E-state index in [1.165, 1.54) is 31.1 Å². The number of ketones is 2. The van der Waals surface area contributed by atoms with E-state index in [-0.39, 0.29) is 23.2 Å². The first-order chi connectivity index (χ1) is 22.1. The number of phenolic OH excluding ortho intramolecular Hbond substituents is 1. The fourth-order valence-corrected chi connectivity index (χ4v) is 7.58. The zero-order valence-electron chi connectivity index (χ0n) is 25.7. The number of H-pyrrole nitrogens is 1. The Morgan fingerprint density at radius 1 is 1.11 bits per heavy atom. The van der Waals surface area contributed by atoms with E-state index in [4.69, 9.17) is 11.5 Å². The van der Waals surface area contributed by atoms with Gasteiger partial charge in [-0.05, 0) is 49.7 Å². The Morgan fingerprint density at radius 3 is 2.45 bits per heavy atom. The Hall–Kier alpha value is -5.02. The molecular weight excluding hydrogens is 610 g/mol. The lowest BCUT2D eigenvalue weighted by atomic mass is 9.55. The summed E-state index contributed by atoms with van der Waals surface area (Å²) in [6.45, 7) is 1.62. The van der Waals surface area contributed by atoms with E-state index < -0.39 is 93.3 Å². The lowest BCUT2D eigenvalue weighted by molar-refractivity contribution is -0.162. The molecule has 246 valence electrons. The summed E-state index contributed by atoms with van der Waals surface area (Å²) in [5.41, 5.74) is 8.48. The molecule has 2 aromatic carbocycles. The van der Waals surface area contributed by atoms with Crippen LogP contribution in [0.15, 0.2) is 65.3 Å². The fraction of sp³-hybridized carbons (Fsp3) is 0.333. The third kappa shape index (κ3) is 4.47. The van der Waals surface area contributed by atoms with Crippen molar-refractivity contribution in [1.82, 2.24) is 9.88 Å². The minimum atomic E-state index is -3.03. The van der Waals surface area contributed by atoms with Crippen LogP contribution in [0.1, 0.15) is 34.3 Å². The number of nitrogens with two attached hydrogens (primary N) is 2. The molecule has 2 amide bonds. The van der Waals surface area contributed by atoms with Crippen LogP contribution in [0.3, 0.4) is 0 Å². The first-order valence-corrected chi connectivity index (χ1v) is 14.9. The van der Waals surface area contributed by atoms with E-state index in [2.05, 4.69) is 10.3 Å². The van der Waals surface area contributed by atoms with Crippen LogP contribution in [-0.4, -0.2) is 96.7 Å². The number of aromatic nitrogens is 1. The minimum Gasteiger partial charge on any atom is -0.510 e. The zero-order valence-corrected chi connectivity index (χ0v) is 25.7. The lowest BCUT2D eigenvalue weighted by Gasteiger charge is -2.53. The molecular formula is C33H35N5O9. The molecule has 0 aliphatic heterocycles. The highest BCUT2D eigenvalue weighted by molar-refractivity contribution is 6.25. The van der Waals surface area contributed by atoms with E-state index >= 15 is 0 Å². The molecule has 0 fully saturated rings. The van der Waals surface area contributed by atoms with Gasteiger partial charge in [0.25, 0.3) is 5.91 Å². The molecule has 0 saturated heterocycles. The number of carbonyl (C=O) groups excluding carboxylic acids is 4. The first kappa shape index (κ1) is 31.9. The van der Waals surface area contributed by atoms with E-state index in [0.717, 1.165) is 16.5 Å². The summed E-state index contributed by atoms with van der Waals surface area (Å²) < 4.78 is 0. The Labute approximate surface area is 268 Å². The van der Waals surface area contributed by atoms with Gasteiger partial charge in [0.2, 0.25) is 11.7 Å². The highest BCUT2D eigenvalue weighted by atomic mass is 16.4. The number of phenols is 1. The fourth-order valence-electron chi connectivity index (χ4n) is 7.58. The van der Waals surface area contributed by atoms with Crippen LogP contribution in [0.25, 0.3) is 10.9 Å². The first-order valence-electron chi connectivity index (χ1n) is 14.9. The van der Waals surface area contributed by atoms with Gasteiger partial charge in [-0.3, -0.25) is 24.1 Å². The number of benzene rings is 2. The van der Waals surface area contributed by atoms with Crippen LogP contribution in [-0.2, 0) is 20.8 Å². The number of nitrogens with zero attached hydrogens (tertiary/aromatic N) is 1. The molecule has 11 N–H and O–H groups in total. The maximum absolute atomic E-state index is 14.1. The molecule has 0 radical (unpaired) electrons. The van der Waals surface area contributed by atoms with Crippen molar-refractivity contribution in [3.63, 3.8) is 0 Å². The predicted molar refractivity (Wildman–Crippen MR) is 168 cm³/mol. The monoisotopic (exact) mass is 645 g/mol. The van der Waals surface area contributed by atoms with Crippen LogP contribution in [0, 0.1) is 11.8 Å². The molecule has 3 aliphatic carbocycles. The molecule has 3 aromatic rings. The van der Waals surface area contributed by atoms with E-state index in [9.17, 15) is 44.7 Å². The summed E-state index contributed by atoms with van der Waals surface area (Å²) in [6.07, 6.45) is 0.204. The highest BCUT2D eigenvalue weighted by Crippen LogP contribution is 2.56. The van der Waals surface area contributed by atoms with E-state index in [1.54, 1.807) is 13.1 Å². The number of hydrogen-bond acceptors (Lipinski definition) is 11. The third-order valence-electron chi connectivity index (χ3n) is 9.84. The Morgan fingerprint density at radius 2 is 1.79 bits per heavy atom. The molecule has 6 rings (SSSR count). The second-order valence-corrected chi connectivity index (χ2v) is 12.6. The van der Waals surface area contributed by atoms with Crippen molar-refractivity contribution >= 4 is 40.0 Å². The summed E-state index contributed by atoms with van der Waals surface area (Å²) in [5, 5.41) is 60.8. The van der Waals surface area contributed by atoms with Crippen LogP contribution < -0.4 is 16.8 Å². The second-order valence-electron chi connectivity index (χ2n) is 12.6. The number of aromatic hydroxyl groups is 1. The molecule has 14 nitrogen and oxygen atoms in total. The lowest BCUT2D eigenvalue weighted by Crippen LogP contribution is -2.68. The number of anilines is 1. The maximum atomic E-state index is 14.1. The number of amides is 2. The zero-order chi connectivity index (χ0) is 34.3. The molecule has 14 heteroatoms. The van der Waals surface area contributed by atoms with Crippen molar-refractivity contribution in [2.45, 2.75) is 43.1 Å². The van der Waals surface area contributed by atoms with Crippen molar-refractivity contribution in [2.75, 3.05) is 19.4 Å². The van der Waals surface area contributed by atoms with Crippen molar-refractivity contribution in [2.24, 2.45) is 23.3 Å². The summed E-state index contributed by atoms with van der Waals surface area (Å²) in [7, 11) is 2.92. The number of rotatable bonds is 6. The molecule has 1 aromatic heterocycles. The standard InChI is InChI=1S/C33H35N5O9/c1-12-14-8-9-18(37-32(46)16(34)10-13-11-36-17-7-5-4-6-15(13)17)25(39)20(14)26(40)21-19(12)27(41)23-24(38(2)3)28(42)22(31(35)45)30(44)33(23,47)29(21)43/h4-9,11-12,16,19,23-24,27,36,39,41-43,47H,10,34H2,1-3H3,(H2,35,45)(H,37,46)/t12?,16-,19?,23?,24-,27?,33?/m0/s1. The average Bonchev–Trinajstić information content (AvgIpc) is 3.42. The summed E-state index contributed by atoms with van der Waals surface area (Å²) in [4.78, 5) is 57.4. The summed E-state index contributed by atoms with van der Waals surface area (Å²) >= 11 is 0. The predicted octanol–water partition coefficient (Wildman–Crippen LogP) is 0.642. The largest absolute Gasteiger partial charge is 0.510 e. The number of hydrogen-bond donors (Lipinski definition) is 9. The molecule has 0 saturated carbocycles. The summed E-state index contributed by atoms with van der Waals surface area (Å²) in [5.74, 6) is -10.7. The Balaban J connectivity index is 1.38. The van der Waals surface area contributed by atoms with Gasteiger partial charge in [0.1, 0.15) is 17.1 Å². The van der Waals surface area contributed by atoms with Gasteiger partial charge in [0.05, 0.1) is 35.4 Å². The van der Waals surface area contributed by atoms with Gasteiger partial charge in [-0.25, -0.2) is 0 Å². The molecule has 0 bridgehead atoms. The molecule has 47 heavy (non-hydrogen) atoms. The maximum Gasteiger partial charge on any atom is 0.255 e. The van der Waals surface area contributed by atoms with Crippen LogP contribution in [0.2, 0.25) is 0 Å². The molecule has 7 atom stereocenters. The van der Waals surface area contributed by atoms with Crippen LogP contribution in [0.5, 0.6) is 5.75 Å². The topological polar surface area (TPSA) is 253 Å². The Bertz CT molecular complexity index is 1940. The molecule has 3 aliphatic rings. The number of likely N-dealkylation sites (N-methyl/N-ethyl adjacent to an activating group) is 1. The number of Topliss-reactive ketones (excluding diaryl/α,β-unsaturated/α-hetero) is 2. The highest BCUT2D eigenvalue weighted by Gasteiger charge is 2.67. The number of fused-ring (bicyclic) bond motifs is 4. The van der Waals surface area contributed by atoms with Gasteiger partial charge in [-0.1, -0.05) is 31.2 Å². The number of para-hydroxylation sites is 1.